The Labute approximate surface area is 155 Å². The van der Waals surface area contributed by atoms with E-state index in [4.69, 9.17) is 11.6 Å². The van der Waals surface area contributed by atoms with Crippen LogP contribution in [0.25, 0.3) is 0 Å². The maximum absolute atomic E-state index is 12.4. The van der Waals surface area contributed by atoms with Gasteiger partial charge in [-0.3, -0.25) is 4.79 Å². The molecule has 2 heterocycles. The Morgan fingerprint density at radius 2 is 2.04 bits per heavy atom. The molecule has 0 unspecified atom stereocenters. The van der Waals surface area contributed by atoms with Crippen molar-refractivity contribution >= 4 is 28.6 Å². The Morgan fingerprint density at radius 1 is 1.24 bits per heavy atom. The van der Waals surface area contributed by atoms with Crippen molar-refractivity contribution in [3.05, 3.63) is 73.6 Å². The highest BCUT2D eigenvalue weighted by Gasteiger charge is 2.10. The number of rotatable bonds is 7. The van der Waals surface area contributed by atoms with E-state index >= 15 is 0 Å². The van der Waals surface area contributed by atoms with Crippen LogP contribution in [0.15, 0.2) is 47.5 Å². The summed E-state index contributed by atoms with van der Waals surface area (Å²) in [5, 5.41) is 8.64. The van der Waals surface area contributed by atoms with Crippen molar-refractivity contribution in [2.75, 3.05) is 11.9 Å². The number of benzene rings is 1. The van der Waals surface area contributed by atoms with Gasteiger partial charge in [0, 0.05) is 24.0 Å². The van der Waals surface area contributed by atoms with Crippen LogP contribution < -0.4 is 10.9 Å². The van der Waals surface area contributed by atoms with Gasteiger partial charge in [-0.2, -0.15) is 5.10 Å². The molecule has 1 N–H and O–H groups in total. The number of nitrogens with zero attached hydrogens (tertiary/aromatic N) is 3. The molecule has 3 rings (SSSR count). The summed E-state index contributed by atoms with van der Waals surface area (Å²) in [6.45, 7) is 3.17. The lowest BCUT2D eigenvalue weighted by Gasteiger charge is -2.10. The monoisotopic (exact) mass is 374 g/mol. The zero-order valence-corrected chi connectivity index (χ0v) is 15.5. The van der Waals surface area contributed by atoms with Crippen LogP contribution in [0.2, 0.25) is 5.02 Å². The van der Waals surface area contributed by atoms with Gasteiger partial charge in [-0.25, -0.2) is 9.67 Å². The zero-order valence-electron chi connectivity index (χ0n) is 13.9. The van der Waals surface area contributed by atoms with Crippen LogP contribution in [0.1, 0.15) is 22.4 Å². The van der Waals surface area contributed by atoms with E-state index < -0.39 is 0 Å². The number of aromatic nitrogens is 3. The average molecular weight is 375 g/mol. The predicted octanol–water partition coefficient (Wildman–Crippen LogP) is 3.62. The van der Waals surface area contributed by atoms with E-state index in [-0.39, 0.29) is 10.6 Å². The number of hydrogen-bond acceptors (Lipinski definition) is 5. The molecule has 0 bridgehead atoms. The van der Waals surface area contributed by atoms with E-state index in [1.54, 1.807) is 17.5 Å². The molecular formula is C18H19ClN4OS. The molecule has 0 spiro atoms. The first-order valence-electron chi connectivity index (χ1n) is 8.14. The summed E-state index contributed by atoms with van der Waals surface area (Å²) < 4.78 is 1.37. The van der Waals surface area contributed by atoms with E-state index in [0.29, 0.717) is 18.8 Å². The van der Waals surface area contributed by atoms with Crippen LogP contribution in [0.5, 0.6) is 0 Å². The van der Waals surface area contributed by atoms with Gasteiger partial charge in [-0.05, 0) is 12.0 Å². The Hall–Kier alpha value is -2.18. The number of nitrogens with one attached hydrogen (secondary N) is 1. The second-order valence-electron chi connectivity index (χ2n) is 5.57. The first kappa shape index (κ1) is 17.6. The van der Waals surface area contributed by atoms with Gasteiger partial charge < -0.3 is 5.32 Å². The molecule has 0 aliphatic heterocycles. The molecule has 0 aliphatic carbocycles. The van der Waals surface area contributed by atoms with Gasteiger partial charge in [0.05, 0.1) is 23.4 Å². The van der Waals surface area contributed by atoms with Crippen LogP contribution in [0.4, 0.5) is 5.69 Å². The van der Waals surface area contributed by atoms with E-state index in [2.05, 4.69) is 22.3 Å². The normalized spacial score (nSPS) is 10.8. The minimum Gasteiger partial charge on any atom is -0.382 e. The second-order valence-corrected chi connectivity index (χ2v) is 7.15. The number of halogens is 1. The fourth-order valence-electron chi connectivity index (χ4n) is 2.39. The summed E-state index contributed by atoms with van der Waals surface area (Å²) in [6, 6.07) is 9.70. The summed E-state index contributed by atoms with van der Waals surface area (Å²) >= 11 is 7.94. The topological polar surface area (TPSA) is 59.8 Å². The maximum atomic E-state index is 12.4. The van der Waals surface area contributed by atoms with Gasteiger partial charge in [-0.1, -0.05) is 48.9 Å². The molecule has 25 heavy (non-hydrogen) atoms. The third-order valence-corrected chi connectivity index (χ3v) is 5.33. The molecule has 5 nitrogen and oxygen atoms in total. The predicted molar refractivity (Wildman–Crippen MR) is 103 cm³/mol. The second kappa shape index (κ2) is 8.27. The highest BCUT2D eigenvalue weighted by atomic mass is 35.5. The van der Waals surface area contributed by atoms with E-state index in [0.717, 1.165) is 23.4 Å². The molecule has 0 saturated carbocycles. The quantitative estimate of drug-likeness (QED) is 0.686. The number of anilines is 1. The third kappa shape index (κ3) is 4.46. The molecule has 0 radical (unpaired) electrons. The zero-order chi connectivity index (χ0) is 17.6. The van der Waals surface area contributed by atoms with Gasteiger partial charge in [-0.15, -0.1) is 11.3 Å². The van der Waals surface area contributed by atoms with E-state index in [9.17, 15) is 4.79 Å². The van der Waals surface area contributed by atoms with E-state index in [1.165, 1.54) is 9.56 Å². The summed E-state index contributed by atoms with van der Waals surface area (Å²) in [5.74, 6) is 0. The molecule has 0 atom stereocenters. The standard InChI is InChI=1S/C18H19ClN4OS/c1-2-14-10-21-16(25-14)8-9-20-15-11-22-23(18(24)17(15)19)12-13-6-4-3-5-7-13/h3-7,10-11,20H,2,8-9,12H2,1H3. The van der Waals surface area contributed by atoms with Gasteiger partial charge >= 0.3 is 0 Å². The molecule has 7 heteroatoms. The highest BCUT2D eigenvalue weighted by Crippen LogP contribution is 2.17. The van der Waals surface area contributed by atoms with Gasteiger partial charge in [0.25, 0.3) is 5.56 Å². The van der Waals surface area contributed by atoms with Crippen LogP contribution in [0.3, 0.4) is 0 Å². The van der Waals surface area contributed by atoms with Gasteiger partial charge in [0.15, 0.2) is 0 Å². The SMILES string of the molecule is CCc1cnc(CCNc2cnn(Cc3ccccc3)c(=O)c2Cl)s1. The number of thiazole rings is 1. The first-order chi connectivity index (χ1) is 12.2. The van der Waals surface area contributed by atoms with Crippen LogP contribution >= 0.6 is 22.9 Å². The van der Waals surface area contributed by atoms with Crippen LogP contribution in [0, 0.1) is 0 Å². The average Bonchev–Trinajstić information content (AvgIpc) is 3.10. The first-order valence-corrected chi connectivity index (χ1v) is 9.34. The van der Waals surface area contributed by atoms with Crippen molar-refractivity contribution < 1.29 is 0 Å². The van der Waals surface area contributed by atoms with Crippen LogP contribution in [-0.2, 0) is 19.4 Å². The Balaban J connectivity index is 1.64. The fourth-order valence-corrected chi connectivity index (χ4v) is 3.46. The molecule has 1 aromatic carbocycles. The fraction of sp³-hybridized carbons (Fsp3) is 0.278. The summed E-state index contributed by atoms with van der Waals surface area (Å²) in [7, 11) is 0. The molecule has 0 amide bonds. The van der Waals surface area contributed by atoms with Crippen molar-refractivity contribution in [1.29, 1.82) is 0 Å². The van der Waals surface area contributed by atoms with Gasteiger partial charge in [0.2, 0.25) is 0 Å². The lowest BCUT2D eigenvalue weighted by atomic mass is 10.2. The lowest BCUT2D eigenvalue weighted by molar-refractivity contribution is 0.640. The number of hydrogen-bond donors (Lipinski definition) is 1. The van der Waals surface area contributed by atoms with Crippen molar-refractivity contribution in [3.8, 4) is 0 Å². The van der Waals surface area contributed by atoms with E-state index in [1.807, 2.05) is 36.5 Å². The minimum absolute atomic E-state index is 0.166. The van der Waals surface area contributed by atoms with Gasteiger partial charge in [0.1, 0.15) is 5.02 Å². The highest BCUT2D eigenvalue weighted by molar-refractivity contribution is 7.11. The van der Waals surface area contributed by atoms with Crippen molar-refractivity contribution in [2.45, 2.75) is 26.3 Å². The Kier molecular flexibility index (Phi) is 5.83. The molecule has 0 aliphatic rings. The molecule has 130 valence electrons. The molecule has 0 fully saturated rings. The molecular weight excluding hydrogens is 356 g/mol. The Morgan fingerprint density at radius 3 is 2.76 bits per heavy atom. The molecule has 2 aromatic heterocycles. The molecule has 3 aromatic rings. The summed E-state index contributed by atoms with van der Waals surface area (Å²) in [6.07, 6.45) is 5.31. The summed E-state index contributed by atoms with van der Waals surface area (Å²) in [4.78, 5) is 18.0. The van der Waals surface area contributed by atoms with Crippen LogP contribution in [-0.4, -0.2) is 21.3 Å². The lowest BCUT2D eigenvalue weighted by Crippen LogP contribution is -2.25. The summed E-state index contributed by atoms with van der Waals surface area (Å²) in [5.41, 5.74) is 1.27. The maximum Gasteiger partial charge on any atom is 0.287 e. The minimum atomic E-state index is -0.293. The van der Waals surface area contributed by atoms with Crippen molar-refractivity contribution in [1.82, 2.24) is 14.8 Å². The Bertz CT molecular complexity index is 892. The van der Waals surface area contributed by atoms with Crippen molar-refractivity contribution in [2.24, 2.45) is 0 Å². The third-order valence-electron chi connectivity index (χ3n) is 3.76. The largest absolute Gasteiger partial charge is 0.382 e. The molecule has 0 saturated heterocycles. The smallest absolute Gasteiger partial charge is 0.287 e. The van der Waals surface area contributed by atoms with Crippen molar-refractivity contribution in [3.63, 3.8) is 0 Å². The number of aryl methyl sites for hydroxylation is 1.